The summed E-state index contributed by atoms with van der Waals surface area (Å²) >= 11 is 3.42. The molecule has 0 unspecified atom stereocenters. The first-order valence-corrected chi connectivity index (χ1v) is 6.28. The normalized spacial score (nSPS) is 10.7. The van der Waals surface area contributed by atoms with Crippen molar-refractivity contribution in [3.63, 3.8) is 0 Å². The zero-order valence-electron chi connectivity index (χ0n) is 9.38. The number of rotatable bonds is 1. The Morgan fingerprint density at radius 1 is 1.06 bits per heavy atom. The van der Waals surface area contributed by atoms with Gasteiger partial charge in [0.15, 0.2) is 0 Å². The van der Waals surface area contributed by atoms with Crippen molar-refractivity contribution in [3.8, 4) is 5.69 Å². The van der Waals surface area contributed by atoms with Crippen LogP contribution >= 0.6 is 15.9 Å². The predicted molar refractivity (Wildman–Crippen MR) is 75.0 cm³/mol. The second-order valence-electron chi connectivity index (χ2n) is 3.90. The molecule has 0 aliphatic rings. The van der Waals surface area contributed by atoms with Crippen molar-refractivity contribution in [2.75, 3.05) is 0 Å². The molecule has 0 aliphatic carbocycles. The molecule has 0 amide bonds. The molecule has 3 nitrogen and oxygen atoms in total. The minimum atomic E-state index is -0.133. The number of nitrogens with zero attached hydrogens (tertiary/aromatic N) is 2. The van der Waals surface area contributed by atoms with Crippen LogP contribution in [0.25, 0.3) is 16.7 Å². The minimum Gasteiger partial charge on any atom is -0.274 e. The molecule has 18 heavy (non-hydrogen) atoms. The summed E-state index contributed by atoms with van der Waals surface area (Å²) < 4.78 is 2.58. The van der Waals surface area contributed by atoms with Gasteiger partial charge >= 0.3 is 0 Å². The van der Waals surface area contributed by atoms with Crippen LogP contribution in [0.3, 0.4) is 0 Å². The molecule has 0 spiro atoms. The van der Waals surface area contributed by atoms with Crippen LogP contribution in [0.1, 0.15) is 0 Å². The molecule has 4 heteroatoms. The van der Waals surface area contributed by atoms with Gasteiger partial charge in [-0.2, -0.15) is 0 Å². The fourth-order valence-corrected chi connectivity index (χ4v) is 2.28. The fraction of sp³-hybridized carbons (Fsp3) is 0. The highest BCUT2D eigenvalue weighted by atomic mass is 79.9. The van der Waals surface area contributed by atoms with Gasteiger partial charge in [-0.1, -0.05) is 34.1 Å². The number of hydrogen-bond acceptors (Lipinski definition) is 2. The monoisotopic (exact) mass is 300 g/mol. The molecule has 1 heterocycles. The van der Waals surface area contributed by atoms with E-state index < -0.39 is 0 Å². The Morgan fingerprint density at radius 3 is 2.61 bits per heavy atom. The molecular formula is C14H9BrN2O. The van der Waals surface area contributed by atoms with Gasteiger partial charge in [0.25, 0.3) is 5.56 Å². The second-order valence-corrected chi connectivity index (χ2v) is 4.82. The van der Waals surface area contributed by atoms with Gasteiger partial charge in [0.05, 0.1) is 17.2 Å². The molecule has 3 rings (SSSR count). The van der Waals surface area contributed by atoms with Crippen LogP contribution in [0.15, 0.2) is 64.0 Å². The zero-order chi connectivity index (χ0) is 12.5. The van der Waals surface area contributed by atoms with E-state index in [1.54, 1.807) is 4.57 Å². The number of para-hydroxylation sites is 1. The lowest BCUT2D eigenvalue weighted by atomic mass is 10.2. The Hall–Kier alpha value is -1.94. The van der Waals surface area contributed by atoms with Crippen LogP contribution < -0.4 is 5.56 Å². The van der Waals surface area contributed by atoms with Crippen LogP contribution in [0.4, 0.5) is 0 Å². The van der Waals surface area contributed by atoms with Gasteiger partial charge in [0, 0.05) is 10.2 Å². The molecule has 0 aliphatic heterocycles. The maximum atomic E-state index is 12.0. The van der Waals surface area contributed by atoms with Gasteiger partial charge < -0.3 is 0 Å². The minimum absolute atomic E-state index is 0.133. The van der Waals surface area contributed by atoms with Gasteiger partial charge in [-0.15, -0.1) is 0 Å². The number of aromatic nitrogens is 2. The summed E-state index contributed by atoms with van der Waals surface area (Å²) in [5, 5.41) is 0. The second kappa shape index (κ2) is 4.38. The van der Waals surface area contributed by atoms with Crippen LogP contribution in [-0.2, 0) is 0 Å². The summed E-state index contributed by atoms with van der Waals surface area (Å²) in [4.78, 5) is 16.2. The van der Waals surface area contributed by atoms with Gasteiger partial charge in [-0.05, 0) is 30.3 Å². The SMILES string of the molecule is O=c1cnc2ccc(Br)cc2n1-c1ccccc1. The van der Waals surface area contributed by atoms with E-state index in [4.69, 9.17) is 0 Å². The molecule has 0 fully saturated rings. The Morgan fingerprint density at radius 2 is 1.83 bits per heavy atom. The summed E-state index contributed by atoms with van der Waals surface area (Å²) in [6.45, 7) is 0. The fourth-order valence-electron chi connectivity index (χ4n) is 1.93. The number of fused-ring (bicyclic) bond motifs is 1. The Bertz CT molecular complexity index is 766. The molecule has 0 bridgehead atoms. The molecular weight excluding hydrogens is 292 g/mol. The maximum absolute atomic E-state index is 12.0. The van der Waals surface area contributed by atoms with Crippen molar-refractivity contribution in [2.24, 2.45) is 0 Å². The van der Waals surface area contributed by atoms with Crippen molar-refractivity contribution in [3.05, 3.63) is 69.6 Å². The van der Waals surface area contributed by atoms with E-state index in [0.29, 0.717) is 0 Å². The summed E-state index contributed by atoms with van der Waals surface area (Å²) in [5.41, 5.74) is 2.30. The Balaban J connectivity index is 2.44. The summed E-state index contributed by atoms with van der Waals surface area (Å²) in [6.07, 6.45) is 1.35. The standard InChI is InChI=1S/C14H9BrN2O/c15-10-6-7-12-13(8-10)17(14(18)9-16-12)11-4-2-1-3-5-11/h1-9H. The lowest BCUT2D eigenvalue weighted by Crippen LogP contribution is -2.18. The highest BCUT2D eigenvalue weighted by Crippen LogP contribution is 2.19. The molecule has 0 radical (unpaired) electrons. The van der Waals surface area contributed by atoms with Crippen molar-refractivity contribution in [2.45, 2.75) is 0 Å². The third-order valence-electron chi connectivity index (χ3n) is 2.73. The average molecular weight is 301 g/mol. The first-order valence-electron chi connectivity index (χ1n) is 5.48. The van der Waals surface area contributed by atoms with E-state index in [1.807, 2.05) is 48.5 Å². The molecule has 88 valence electrons. The highest BCUT2D eigenvalue weighted by molar-refractivity contribution is 9.10. The van der Waals surface area contributed by atoms with Crippen molar-refractivity contribution in [1.82, 2.24) is 9.55 Å². The lowest BCUT2D eigenvalue weighted by molar-refractivity contribution is 1.02. The lowest BCUT2D eigenvalue weighted by Gasteiger charge is -2.09. The first-order chi connectivity index (χ1) is 8.75. The highest BCUT2D eigenvalue weighted by Gasteiger charge is 2.06. The quantitative estimate of drug-likeness (QED) is 0.692. The molecule has 2 aromatic carbocycles. The van der Waals surface area contributed by atoms with Crippen LogP contribution in [0, 0.1) is 0 Å². The topological polar surface area (TPSA) is 34.9 Å². The first kappa shape index (κ1) is 11.2. The Labute approximate surface area is 112 Å². The van der Waals surface area contributed by atoms with E-state index in [-0.39, 0.29) is 5.56 Å². The van der Waals surface area contributed by atoms with Crippen molar-refractivity contribution in [1.29, 1.82) is 0 Å². The van der Waals surface area contributed by atoms with Crippen molar-refractivity contribution < 1.29 is 0 Å². The average Bonchev–Trinajstić information content (AvgIpc) is 2.39. The number of hydrogen-bond donors (Lipinski definition) is 0. The summed E-state index contributed by atoms with van der Waals surface area (Å²) in [6, 6.07) is 15.2. The molecule has 0 saturated carbocycles. The third-order valence-corrected chi connectivity index (χ3v) is 3.22. The number of halogens is 1. The van der Waals surface area contributed by atoms with Crippen LogP contribution in [0.5, 0.6) is 0 Å². The van der Waals surface area contributed by atoms with Gasteiger partial charge in [0.1, 0.15) is 0 Å². The van der Waals surface area contributed by atoms with E-state index >= 15 is 0 Å². The summed E-state index contributed by atoms with van der Waals surface area (Å²) in [7, 11) is 0. The smallest absolute Gasteiger partial charge is 0.274 e. The molecule has 1 aromatic heterocycles. The zero-order valence-corrected chi connectivity index (χ0v) is 11.0. The summed E-state index contributed by atoms with van der Waals surface area (Å²) in [5.74, 6) is 0. The Kier molecular flexibility index (Phi) is 2.72. The van der Waals surface area contributed by atoms with Crippen LogP contribution in [-0.4, -0.2) is 9.55 Å². The van der Waals surface area contributed by atoms with E-state index in [2.05, 4.69) is 20.9 Å². The van der Waals surface area contributed by atoms with Crippen molar-refractivity contribution >= 4 is 27.0 Å². The third kappa shape index (κ3) is 1.84. The molecule has 0 N–H and O–H groups in total. The predicted octanol–water partition coefficient (Wildman–Crippen LogP) is 3.15. The molecule has 3 aromatic rings. The van der Waals surface area contributed by atoms with E-state index in [9.17, 15) is 4.79 Å². The van der Waals surface area contributed by atoms with E-state index in [1.165, 1.54) is 6.20 Å². The van der Waals surface area contributed by atoms with Gasteiger partial charge in [0.2, 0.25) is 0 Å². The largest absolute Gasteiger partial charge is 0.274 e. The van der Waals surface area contributed by atoms with E-state index in [0.717, 1.165) is 21.2 Å². The van der Waals surface area contributed by atoms with Gasteiger partial charge in [-0.25, -0.2) is 4.98 Å². The maximum Gasteiger partial charge on any atom is 0.274 e. The van der Waals surface area contributed by atoms with Gasteiger partial charge in [-0.3, -0.25) is 9.36 Å². The molecule has 0 atom stereocenters. The molecule has 0 saturated heterocycles. The van der Waals surface area contributed by atoms with Crippen LogP contribution in [0.2, 0.25) is 0 Å². The number of benzene rings is 2.